The Morgan fingerprint density at radius 3 is 1.39 bits per heavy atom. The number of nitrogens with two attached hydrogens (primary N) is 1. The summed E-state index contributed by atoms with van der Waals surface area (Å²) in [5.74, 6) is -1.56. The second-order valence-electron chi connectivity index (χ2n) is 18.7. The van der Waals surface area contributed by atoms with Gasteiger partial charge in [-0.2, -0.15) is 0 Å². The Hall–Kier alpha value is -3.18. The van der Waals surface area contributed by atoms with Crippen LogP contribution in [0.5, 0.6) is 0 Å². The number of unbranched alkanes of at least 4 members (excludes halogenated alkanes) is 6. The van der Waals surface area contributed by atoms with E-state index in [0.717, 1.165) is 109 Å². The van der Waals surface area contributed by atoms with E-state index in [4.69, 9.17) is 15.2 Å². The van der Waals surface area contributed by atoms with Crippen LogP contribution in [0.2, 0.25) is 0 Å². The Morgan fingerprint density at radius 1 is 0.576 bits per heavy atom. The third-order valence-corrected chi connectivity index (χ3v) is 13.5. The fourth-order valence-electron chi connectivity index (χ4n) is 9.04. The number of amides is 4. The molecule has 2 heterocycles. The molecule has 66 heavy (non-hydrogen) atoms. The normalized spacial score (nSPS) is 19.7. The molecule has 2 aliphatic carbocycles. The quantitative estimate of drug-likeness (QED) is 0.0517. The van der Waals surface area contributed by atoms with E-state index in [2.05, 4.69) is 38.3 Å². The number of rotatable bonds is 24. The van der Waals surface area contributed by atoms with Crippen molar-refractivity contribution in [1.82, 2.24) is 20.4 Å². The van der Waals surface area contributed by atoms with E-state index in [1.54, 1.807) is 9.80 Å². The van der Waals surface area contributed by atoms with Crippen molar-refractivity contribution in [3.63, 3.8) is 0 Å². The van der Waals surface area contributed by atoms with Gasteiger partial charge in [0.15, 0.2) is 17.3 Å². The Balaban J connectivity index is 0.000000542. The van der Waals surface area contributed by atoms with Gasteiger partial charge in [-0.15, -0.1) is 0 Å². The molecule has 0 unspecified atom stereocenters. The summed E-state index contributed by atoms with van der Waals surface area (Å²) >= 11 is 0. The molecule has 4 aliphatic rings. The number of carboxylic acid groups (broad SMARTS) is 1. The lowest BCUT2D eigenvalue weighted by Crippen LogP contribution is -2.60. The Bertz CT molecular complexity index is 1390. The van der Waals surface area contributed by atoms with Crippen LogP contribution in [-0.2, 0) is 28.7 Å². The van der Waals surface area contributed by atoms with Gasteiger partial charge in [0.2, 0.25) is 0 Å². The fraction of sp³-hybridized carbons (Fsp3) is 0.880. The van der Waals surface area contributed by atoms with E-state index in [9.17, 15) is 44.1 Å². The van der Waals surface area contributed by atoms with Gasteiger partial charge >= 0.3 is 18.0 Å². The summed E-state index contributed by atoms with van der Waals surface area (Å²) in [7, 11) is 0. The van der Waals surface area contributed by atoms with Gasteiger partial charge in [0.25, 0.3) is 0 Å². The first-order valence-corrected chi connectivity index (χ1v) is 25.4. The highest BCUT2D eigenvalue weighted by atomic mass is 16.5. The first kappa shape index (κ1) is 60.8. The van der Waals surface area contributed by atoms with Crippen molar-refractivity contribution in [3.8, 4) is 0 Å². The number of Topliss-reactive ketones (excluding diaryl/α,β-unsaturated/α-hetero) is 3. The van der Waals surface area contributed by atoms with Crippen molar-refractivity contribution >= 4 is 35.4 Å². The van der Waals surface area contributed by atoms with Crippen molar-refractivity contribution in [2.45, 2.75) is 225 Å². The second-order valence-corrected chi connectivity index (χ2v) is 18.7. The summed E-state index contributed by atoms with van der Waals surface area (Å²) in [6.07, 6.45) is 17.8. The lowest BCUT2D eigenvalue weighted by atomic mass is 9.74. The minimum absolute atomic E-state index is 0. The summed E-state index contributed by atoms with van der Waals surface area (Å²) in [5.41, 5.74) is 3.79. The van der Waals surface area contributed by atoms with Gasteiger partial charge in [0, 0.05) is 51.5 Å². The highest BCUT2D eigenvalue weighted by Gasteiger charge is 2.44. The van der Waals surface area contributed by atoms with Crippen LogP contribution in [0.4, 0.5) is 9.59 Å². The molecular weight excluding hydrogens is 847 g/mol. The van der Waals surface area contributed by atoms with Crippen molar-refractivity contribution in [2.75, 3.05) is 52.6 Å². The number of hydrogen-bond donors (Lipinski definition) is 6. The molecule has 2 saturated carbocycles. The maximum absolute atomic E-state index is 13.6. The van der Waals surface area contributed by atoms with Crippen LogP contribution in [0, 0.1) is 5.92 Å². The van der Waals surface area contributed by atoms with Crippen molar-refractivity contribution in [1.29, 1.82) is 0 Å². The number of carboxylic acids is 1. The molecule has 4 rings (SSSR count). The zero-order valence-electron chi connectivity index (χ0n) is 40.7. The third kappa shape index (κ3) is 21.4. The van der Waals surface area contributed by atoms with Crippen LogP contribution in [0.25, 0.3) is 0 Å². The smallest absolute Gasteiger partial charge is 0.329 e. The van der Waals surface area contributed by atoms with Gasteiger partial charge in [-0.25, -0.2) is 14.4 Å². The van der Waals surface area contributed by atoms with Crippen LogP contribution in [-0.4, -0.2) is 142 Å². The zero-order chi connectivity index (χ0) is 48.1. The van der Waals surface area contributed by atoms with Gasteiger partial charge in [-0.3, -0.25) is 14.4 Å². The molecule has 16 nitrogen and oxygen atoms in total. The number of carbonyl (C=O) groups is 6. The monoisotopic (exact) mass is 940 g/mol. The maximum Gasteiger partial charge on any atom is 0.329 e. The van der Waals surface area contributed by atoms with Gasteiger partial charge in [-0.05, 0) is 57.3 Å². The van der Waals surface area contributed by atoms with Crippen molar-refractivity contribution in [2.24, 2.45) is 11.7 Å². The highest BCUT2D eigenvalue weighted by Crippen LogP contribution is 2.33. The molecular formula is C50H93N5O11. The lowest BCUT2D eigenvalue weighted by Gasteiger charge is -2.40. The Kier molecular flexibility index (Phi) is 31.5. The van der Waals surface area contributed by atoms with E-state index < -0.39 is 29.3 Å². The summed E-state index contributed by atoms with van der Waals surface area (Å²) in [4.78, 5) is 77.5. The predicted octanol–water partition coefficient (Wildman–Crippen LogP) is 7.47. The zero-order valence-corrected chi connectivity index (χ0v) is 40.7. The number of morpholine rings is 2. The van der Waals surface area contributed by atoms with E-state index in [-0.39, 0.29) is 55.2 Å². The number of ketones is 3. The standard InChI is InChI=1S/C25H44N2O5.C12H20N2O4.C12H25NO2.CH4/c1-3-5-8-12-21(28)23(30)20(11-6-4-2)19-22(29)25(13-9-7-10-14-25)26-24(31)27-15-17-32-18-16-27;15-10(16)12(4-2-1-3-5-12)13-11(17)14-6-8-18-9-7-14;1-3-5-7-9-11(14)12(15)10(13)8-6-4-2;/h20,23,30H,3-19H2,1-2H3,(H,26,31);1-9H2,(H,13,17)(H,15,16);10,12,15H,3-9,13H2,1-2H3;1H4/t20-,23+;;10-,12-;/m1.0./s1. The number of aliphatic hydroxyl groups excluding tert-OH is 2. The van der Waals surface area contributed by atoms with Crippen LogP contribution in [0.3, 0.4) is 0 Å². The average Bonchev–Trinajstić information content (AvgIpc) is 3.33. The topological polar surface area (TPSA) is 238 Å². The van der Waals surface area contributed by atoms with E-state index in [1.807, 2.05) is 0 Å². The molecule has 384 valence electrons. The Labute approximate surface area is 397 Å². The number of urea groups is 2. The molecule has 2 aliphatic heterocycles. The number of ether oxygens (including phenoxy) is 2. The molecule has 0 aromatic heterocycles. The molecule has 0 spiro atoms. The molecule has 16 heteroatoms. The minimum Gasteiger partial charge on any atom is -0.480 e. The largest absolute Gasteiger partial charge is 0.480 e. The number of hydrogen-bond acceptors (Lipinski definition) is 11. The van der Waals surface area contributed by atoms with Gasteiger partial charge < -0.3 is 51.0 Å². The molecule has 7 N–H and O–H groups in total. The number of nitrogens with zero attached hydrogens (tertiary/aromatic N) is 2. The number of nitrogens with one attached hydrogen (secondary N) is 2. The molecule has 0 aromatic carbocycles. The molecule has 2 saturated heterocycles. The van der Waals surface area contributed by atoms with E-state index in [1.165, 1.54) is 0 Å². The molecule has 0 aromatic rings. The first-order valence-electron chi connectivity index (χ1n) is 25.4. The first-order chi connectivity index (χ1) is 31.2. The number of aliphatic carboxylic acids is 1. The highest BCUT2D eigenvalue weighted by molar-refractivity contribution is 5.93. The van der Waals surface area contributed by atoms with Crippen LogP contribution >= 0.6 is 0 Å². The van der Waals surface area contributed by atoms with Gasteiger partial charge in [-0.1, -0.05) is 125 Å². The van der Waals surface area contributed by atoms with Gasteiger partial charge in [0.1, 0.15) is 23.3 Å². The number of aliphatic hydroxyl groups is 2. The summed E-state index contributed by atoms with van der Waals surface area (Å²) in [5, 5.41) is 35.6. The summed E-state index contributed by atoms with van der Waals surface area (Å²) < 4.78 is 10.5. The lowest BCUT2D eigenvalue weighted by molar-refractivity contribution is -0.146. The molecule has 0 radical (unpaired) electrons. The third-order valence-electron chi connectivity index (χ3n) is 13.5. The average molecular weight is 940 g/mol. The Morgan fingerprint density at radius 2 is 0.970 bits per heavy atom. The van der Waals surface area contributed by atoms with Crippen molar-refractivity contribution in [3.05, 3.63) is 0 Å². The van der Waals surface area contributed by atoms with E-state index >= 15 is 0 Å². The molecule has 4 fully saturated rings. The number of carbonyl (C=O) groups excluding carboxylic acids is 5. The van der Waals surface area contributed by atoms with Crippen LogP contribution in [0.15, 0.2) is 0 Å². The molecule has 4 atom stereocenters. The van der Waals surface area contributed by atoms with Crippen LogP contribution in [0.1, 0.15) is 196 Å². The summed E-state index contributed by atoms with van der Waals surface area (Å²) in [6, 6.07) is -0.855. The maximum atomic E-state index is 13.6. The second kappa shape index (κ2) is 34.2. The molecule has 4 amide bonds. The SMILES string of the molecule is C.CCCCCC(=O)[C@@H](O)[C@@H](N)CCCC.CCCCCC(=O)[C@@H](O)[C@H](CCCC)CC(=O)C1(NC(=O)N2CCOCC2)CCCCC1.O=C(NC1(C(=O)O)CCCCC1)N1CCOCC1. The van der Waals surface area contributed by atoms with Gasteiger partial charge in [0.05, 0.1) is 26.4 Å². The van der Waals surface area contributed by atoms with E-state index in [0.29, 0.717) is 97.6 Å². The van der Waals surface area contributed by atoms with Crippen molar-refractivity contribution < 1.29 is 53.6 Å². The predicted molar refractivity (Wildman–Crippen MR) is 258 cm³/mol. The van der Waals surface area contributed by atoms with Crippen LogP contribution < -0.4 is 16.4 Å². The summed E-state index contributed by atoms with van der Waals surface area (Å²) in [6.45, 7) is 12.5. The fourth-order valence-corrected chi connectivity index (χ4v) is 9.04. The minimum atomic E-state index is -1.10. The molecule has 0 bridgehead atoms.